The van der Waals surface area contributed by atoms with Crippen molar-refractivity contribution >= 4 is 28.6 Å². The molecule has 0 aliphatic heterocycles. The van der Waals surface area contributed by atoms with Crippen LogP contribution in [0.1, 0.15) is 29.0 Å². The van der Waals surface area contributed by atoms with Crippen molar-refractivity contribution in [2.24, 2.45) is 0 Å². The molecule has 168 valence electrons. The van der Waals surface area contributed by atoms with Gasteiger partial charge in [-0.3, -0.25) is 4.79 Å². The number of carbonyl (C=O) groups excluding carboxylic acids is 1. The van der Waals surface area contributed by atoms with E-state index in [1.807, 2.05) is 24.3 Å². The van der Waals surface area contributed by atoms with Gasteiger partial charge in [0.2, 0.25) is 0 Å². The maximum absolute atomic E-state index is 12.8. The minimum Gasteiger partial charge on any atom is -0.435 e. The number of rotatable bonds is 8. The number of tetrazole rings is 1. The average Bonchev–Trinajstić information content (AvgIpc) is 3.50. The largest absolute Gasteiger partial charge is 0.435 e. The fourth-order valence-corrected chi connectivity index (χ4v) is 4.13. The number of para-hydroxylation sites is 1. The molecule has 11 heteroatoms. The monoisotopic (exact) mass is 468 g/mol. The van der Waals surface area contributed by atoms with Gasteiger partial charge in [0.15, 0.2) is 5.82 Å². The van der Waals surface area contributed by atoms with Crippen molar-refractivity contribution in [2.45, 2.75) is 36.3 Å². The zero-order chi connectivity index (χ0) is 22.8. The van der Waals surface area contributed by atoms with E-state index in [9.17, 15) is 13.6 Å². The predicted octanol–water partition coefficient (Wildman–Crippen LogP) is 4.00. The minimum atomic E-state index is -2.89. The van der Waals surface area contributed by atoms with Gasteiger partial charge in [-0.15, -0.1) is 5.10 Å². The predicted molar refractivity (Wildman–Crippen MR) is 118 cm³/mol. The van der Waals surface area contributed by atoms with Crippen molar-refractivity contribution < 1.29 is 18.3 Å². The van der Waals surface area contributed by atoms with Crippen LogP contribution in [0.5, 0.6) is 5.75 Å². The highest BCUT2D eigenvalue weighted by atomic mass is 32.2. The van der Waals surface area contributed by atoms with Crippen LogP contribution in [0.2, 0.25) is 0 Å². The summed E-state index contributed by atoms with van der Waals surface area (Å²) in [6.45, 7) is -2.89. The lowest BCUT2D eigenvalue weighted by molar-refractivity contribution is -0.0498. The summed E-state index contributed by atoms with van der Waals surface area (Å²) in [5.74, 6) is 0.877. The molecule has 0 unspecified atom stereocenters. The lowest BCUT2D eigenvalue weighted by Crippen LogP contribution is -2.25. The van der Waals surface area contributed by atoms with E-state index in [-0.39, 0.29) is 17.7 Å². The van der Waals surface area contributed by atoms with Gasteiger partial charge in [0.25, 0.3) is 5.91 Å². The number of amides is 1. The molecule has 1 saturated carbocycles. The molecular formula is C22H18F2N6O2S. The van der Waals surface area contributed by atoms with E-state index in [4.69, 9.17) is 0 Å². The van der Waals surface area contributed by atoms with Crippen LogP contribution >= 0.6 is 11.8 Å². The number of fused-ring (bicyclic) bond motifs is 1. The molecule has 2 aromatic carbocycles. The van der Waals surface area contributed by atoms with E-state index in [1.54, 1.807) is 18.2 Å². The Kier molecular flexibility index (Phi) is 5.86. The Labute approximate surface area is 191 Å². The number of halogens is 2. The molecule has 1 aliphatic carbocycles. The molecule has 0 saturated heterocycles. The molecule has 5 rings (SSSR count). The Balaban J connectivity index is 1.36. The SMILES string of the molecule is O=C(NC1CC1)c1cc(SCc2nnnn2-c2ccc(OC(F)F)cc2)nc2ccccc12. The Morgan fingerprint density at radius 3 is 2.73 bits per heavy atom. The highest BCUT2D eigenvalue weighted by molar-refractivity contribution is 7.98. The molecule has 1 fully saturated rings. The topological polar surface area (TPSA) is 94.8 Å². The maximum Gasteiger partial charge on any atom is 0.387 e. The van der Waals surface area contributed by atoms with Crippen LogP contribution in [0.3, 0.4) is 0 Å². The fraction of sp³-hybridized carbons (Fsp3) is 0.227. The van der Waals surface area contributed by atoms with Crippen LogP contribution < -0.4 is 10.1 Å². The normalized spacial score (nSPS) is 13.4. The number of aromatic nitrogens is 5. The fourth-order valence-electron chi connectivity index (χ4n) is 3.31. The van der Waals surface area contributed by atoms with E-state index in [1.165, 1.54) is 28.6 Å². The molecule has 2 aromatic heterocycles. The van der Waals surface area contributed by atoms with Gasteiger partial charge in [-0.05, 0) is 59.7 Å². The number of hydrogen-bond donors (Lipinski definition) is 1. The van der Waals surface area contributed by atoms with Crippen molar-refractivity contribution in [3.8, 4) is 11.4 Å². The van der Waals surface area contributed by atoms with Gasteiger partial charge in [0.1, 0.15) is 5.75 Å². The van der Waals surface area contributed by atoms with Gasteiger partial charge < -0.3 is 10.1 Å². The summed E-state index contributed by atoms with van der Waals surface area (Å²) in [4.78, 5) is 17.5. The number of hydrogen-bond acceptors (Lipinski definition) is 7. The number of thioether (sulfide) groups is 1. The van der Waals surface area contributed by atoms with Gasteiger partial charge in [-0.1, -0.05) is 30.0 Å². The summed E-state index contributed by atoms with van der Waals surface area (Å²) >= 11 is 1.40. The highest BCUT2D eigenvalue weighted by Crippen LogP contribution is 2.28. The number of nitrogens with one attached hydrogen (secondary N) is 1. The standard InChI is InChI=1S/C22H18F2N6O2S/c23-22(24)32-15-9-7-14(8-10-15)30-19(27-28-29-30)12-33-20-11-17(21(31)25-13-5-6-13)16-3-1-2-4-18(16)26-20/h1-4,7-11,13,22H,5-6,12H2,(H,25,31). The zero-order valence-corrected chi connectivity index (χ0v) is 18.0. The summed E-state index contributed by atoms with van der Waals surface area (Å²) in [5, 5.41) is 16.3. The van der Waals surface area contributed by atoms with Crippen molar-refractivity contribution in [1.82, 2.24) is 30.5 Å². The Morgan fingerprint density at radius 2 is 1.97 bits per heavy atom. The third-order valence-electron chi connectivity index (χ3n) is 5.04. The number of ether oxygens (including phenoxy) is 1. The molecule has 0 radical (unpaired) electrons. The second-order valence-corrected chi connectivity index (χ2v) is 8.44. The summed E-state index contributed by atoms with van der Waals surface area (Å²) in [7, 11) is 0. The number of pyridine rings is 1. The first-order chi connectivity index (χ1) is 16.1. The van der Waals surface area contributed by atoms with E-state index in [0.29, 0.717) is 27.9 Å². The van der Waals surface area contributed by atoms with E-state index in [2.05, 4.69) is 30.6 Å². The van der Waals surface area contributed by atoms with Crippen LogP contribution in [0.25, 0.3) is 16.6 Å². The van der Waals surface area contributed by atoms with E-state index in [0.717, 1.165) is 23.7 Å². The Bertz CT molecular complexity index is 1290. The molecule has 2 heterocycles. The first kappa shape index (κ1) is 21.3. The summed E-state index contributed by atoms with van der Waals surface area (Å²) in [6.07, 6.45) is 2.02. The summed E-state index contributed by atoms with van der Waals surface area (Å²) < 4.78 is 30.6. The highest BCUT2D eigenvalue weighted by Gasteiger charge is 2.25. The first-order valence-corrected chi connectivity index (χ1v) is 11.2. The molecule has 1 aliphatic rings. The smallest absolute Gasteiger partial charge is 0.387 e. The molecule has 4 aromatic rings. The second kappa shape index (κ2) is 9.10. The van der Waals surface area contributed by atoms with Crippen LogP contribution in [0.15, 0.2) is 59.6 Å². The molecule has 0 atom stereocenters. The van der Waals surface area contributed by atoms with Crippen molar-refractivity contribution in [1.29, 1.82) is 0 Å². The summed E-state index contributed by atoms with van der Waals surface area (Å²) in [5.41, 5.74) is 1.93. The lowest BCUT2D eigenvalue weighted by Gasteiger charge is -2.10. The van der Waals surface area contributed by atoms with Crippen molar-refractivity contribution in [3.05, 3.63) is 66.0 Å². The third kappa shape index (κ3) is 4.92. The van der Waals surface area contributed by atoms with Gasteiger partial charge >= 0.3 is 6.61 Å². The molecule has 8 nitrogen and oxygen atoms in total. The number of alkyl halides is 2. The first-order valence-electron chi connectivity index (χ1n) is 10.2. The van der Waals surface area contributed by atoms with E-state index >= 15 is 0 Å². The molecule has 1 amide bonds. The van der Waals surface area contributed by atoms with Gasteiger partial charge in [0, 0.05) is 11.4 Å². The molecule has 33 heavy (non-hydrogen) atoms. The van der Waals surface area contributed by atoms with Crippen LogP contribution in [0.4, 0.5) is 8.78 Å². The Morgan fingerprint density at radius 1 is 1.18 bits per heavy atom. The van der Waals surface area contributed by atoms with Crippen LogP contribution in [-0.2, 0) is 5.75 Å². The molecule has 0 bridgehead atoms. The zero-order valence-electron chi connectivity index (χ0n) is 17.2. The van der Waals surface area contributed by atoms with Gasteiger partial charge in [-0.25, -0.2) is 4.98 Å². The minimum absolute atomic E-state index is 0.0510. The number of benzene rings is 2. The van der Waals surface area contributed by atoms with Gasteiger partial charge in [0.05, 0.1) is 27.5 Å². The number of nitrogens with zero attached hydrogens (tertiary/aromatic N) is 5. The van der Waals surface area contributed by atoms with Crippen LogP contribution in [0, 0.1) is 0 Å². The maximum atomic E-state index is 12.8. The van der Waals surface area contributed by atoms with Crippen LogP contribution in [-0.4, -0.2) is 43.8 Å². The van der Waals surface area contributed by atoms with Crippen molar-refractivity contribution in [2.75, 3.05) is 0 Å². The molecule has 1 N–H and O–H groups in total. The second-order valence-electron chi connectivity index (χ2n) is 7.44. The number of carbonyl (C=O) groups is 1. The van der Waals surface area contributed by atoms with Gasteiger partial charge in [-0.2, -0.15) is 13.5 Å². The Hall–Kier alpha value is -3.60. The third-order valence-corrected chi connectivity index (χ3v) is 5.95. The lowest BCUT2D eigenvalue weighted by atomic mass is 10.1. The average molecular weight is 468 g/mol. The molecule has 0 spiro atoms. The summed E-state index contributed by atoms with van der Waals surface area (Å²) in [6, 6.07) is 15.6. The molecular weight excluding hydrogens is 450 g/mol. The van der Waals surface area contributed by atoms with Crippen molar-refractivity contribution in [3.63, 3.8) is 0 Å². The quantitative estimate of drug-likeness (QED) is 0.391. The van der Waals surface area contributed by atoms with E-state index < -0.39 is 6.61 Å².